The minimum atomic E-state index is -1.88. The average molecular weight is 355 g/mol. The summed E-state index contributed by atoms with van der Waals surface area (Å²) in [6.45, 7) is 0. The molecule has 0 bridgehead atoms. The molecule has 24 heavy (non-hydrogen) atoms. The molecule has 0 N–H and O–H groups in total. The minimum Gasteiger partial charge on any atom is -1.00 e. The van der Waals surface area contributed by atoms with Gasteiger partial charge in [-0.3, -0.25) is 0 Å². The van der Waals surface area contributed by atoms with Gasteiger partial charge in [0.05, 0.1) is 7.11 Å². The van der Waals surface area contributed by atoms with Crippen molar-refractivity contribution in [3.05, 3.63) is 103 Å². The van der Waals surface area contributed by atoms with Crippen LogP contribution in [0, 0.1) is 0 Å². The highest BCUT2D eigenvalue weighted by Crippen LogP contribution is 2.56. The molecule has 3 aromatic rings. The van der Waals surface area contributed by atoms with Gasteiger partial charge in [-0.25, -0.2) is 0 Å². The van der Waals surface area contributed by atoms with E-state index in [4.69, 9.17) is 4.74 Å². The summed E-state index contributed by atoms with van der Waals surface area (Å²) in [4.78, 5) is 0. The van der Waals surface area contributed by atoms with E-state index in [1.54, 1.807) is 7.11 Å². The van der Waals surface area contributed by atoms with Crippen LogP contribution >= 0.6 is 7.26 Å². The molecular formula is C21H20ClOP. The molecule has 3 rings (SSSR count). The Kier molecular flexibility index (Phi) is 6.61. The van der Waals surface area contributed by atoms with Gasteiger partial charge in [0.1, 0.15) is 35.3 Å². The van der Waals surface area contributed by atoms with E-state index in [0.717, 1.165) is 0 Å². The van der Waals surface area contributed by atoms with Crippen molar-refractivity contribution in [1.82, 2.24) is 0 Å². The highest BCUT2D eigenvalue weighted by Gasteiger charge is 2.43. The molecule has 0 aliphatic rings. The van der Waals surface area contributed by atoms with E-state index in [1.807, 2.05) is 6.26 Å². The lowest BCUT2D eigenvalue weighted by atomic mass is 10.4. The van der Waals surface area contributed by atoms with Crippen LogP contribution in [0.4, 0.5) is 0 Å². The third-order valence-corrected chi connectivity index (χ3v) is 7.82. The number of hydrogen-bond acceptors (Lipinski definition) is 1. The topological polar surface area (TPSA) is 9.23 Å². The van der Waals surface area contributed by atoms with E-state index in [2.05, 4.69) is 96.8 Å². The van der Waals surface area contributed by atoms with Crippen LogP contribution in [0.1, 0.15) is 0 Å². The van der Waals surface area contributed by atoms with Crippen molar-refractivity contribution in [3.8, 4) is 0 Å². The fourth-order valence-electron chi connectivity index (χ4n) is 2.85. The van der Waals surface area contributed by atoms with Gasteiger partial charge in [0.2, 0.25) is 0 Å². The molecule has 0 aromatic heterocycles. The Morgan fingerprint density at radius 2 is 0.958 bits per heavy atom. The number of hydrogen-bond donors (Lipinski definition) is 0. The molecule has 1 nitrogen and oxygen atoms in total. The van der Waals surface area contributed by atoms with E-state index in [9.17, 15) is 0 Å². The molecule has 0 unspecified atom stereocenters. The third kappa shape index (κ3) is 3.53. The van der Waals surface area contributed by atoms with Gasteiger partial charge < -0.3 is 17.1 Å². The molecule has 122 valence electrons. The van der Waals surface area contributed by atoms with Crippen LogP contribution in [0.2, 0.25) is 0 Å². The van der Waals surface area contributed by atoms with E-state index >= 15 is 0 Å². The van der Waals surface area contributed by atoms with E-state index in [1.165, 1.54) is 15.9 Å². The molecule has 0 saturated carbocycles. The second-order valence-electron chi connectivity index (χ2n) is 5.25. The zero-order valence-electron chi connectivity index (χ0n) is 13.5. The van der Waals surface area contributed by atoms with Gasteiger partial charge in [-0.1, -0.05) is 54.6 Å². The summed E-state index contributed by atoms with van der Waals surface area (Å²) in [5, 5.41) is 3.97. The van der Waals surface area contributed by atoms with Gasteiger partial charge >= 0.3 is 0 Å². The fraction of sp³-hybridized carbons (Fsp3) is 0.0476. The van der Waals surface area contributed by atoms with Gasteiger partial charge in [0.15, 0.2) is 0 Å². The molecular weight excluding hydrogens is 335 g/mol. The lowest BCUT2D eigenvalue weighted by Gasteiger charge is -2.23. The lowest BCUT2D eigenvalue weighted by Crippen LogP contribution is -3.00. The Balaban J connectivity index is 0.00000208. The predicted octanol–water partition coefficient (Wildman–Crippen LogP) is 1.10. The molecule has 0 amide bonds. The zero-order valence-corrected chi connectivity index (χ0v) is 15.2. The van der Waals surface area contributed by atoms with E-state index in [-0.39, 0.29) is 12.4 Å². The van der Waals surface area contributed by atoms with Crippen molar-refractivity contribution in [2.75, 3.05) is 7.11 Å². The van der Waals surface area contributed by atoms with Crippen molar-refractivity contribution >= 4 is 23.2 Å². The molecule has 0 saturated heterocycles. The van der Waals surface area contributed by atoms with Crippen LogP contribution in [0.25, 0.3) is 0 Å². The Labute approximate surface area is 150 Å². The summed E-state index contributed by atoms with van der Waals surface area (Å²) in [6, 6.07) is 32.1. The number of ether oxygens (including phenoxy) is 1. The normalized spacial score (nSPS) is 11.0. The average Bonchev–Trinajstić information content (AvgIpc) is 2.65. The summed E-state index contributed by atoms with van der Waals surface area (Å²) in [7, 11) is -0.175. The molecule has 0 aliphatic heterocycles. The number of benzene rings is 3. The summed E-state index contributed by atoms with van der Waals surface area (Å²) >= 11 is 0. The maximum absolute atomic E-state index is 5.31. The Bertz CT molecular complexity index is 661. The van der Waals surface area contributed by atoms with Crippen LogP contribution in [0.3, 0.4) is 0 Å². The van der Waals surface area contributed by atoms with Crippen LogP contribution < -0.4 is 28.3 Å². The smallest absolute Gasteiger partial charge is 0.140 e. The summed E-state index contributed by atoms with van der Waals surface area (Å²) in [5.41, 5.74) is 0. The second kappa shape index (κ2) is 8.68. The highest BCUT2D eigenvalue weighted by molar-refractivity contribution is 7.98. The summed E-state index contributed by atoms with van der Waals surface area (Å²) in [6.07, 6.45) is 1.82. The molecule has 3 heteroatoms. The molecule has 0 heterocycles. The lowest BCUT2D eigenvalue weighted by molar-refractivity contribution is -0.00000475. The number of halogens is 1. The van der Waals surface area contributed by atoms with Crippen LogP contribution in [0.5, 0.6) is 0 Å². The van der Waals surface area contributed by atoms with Crippen molar-refractivity contribution in [2.24, 2.45) is 0 Å². The first-order valence-electron chi connectivity index (χ1n) is 7.64. The molecule has 0 aliphatic carbocycles. The summed E-state index contributed by atoms with van der Waals surface area (Å²) < 4.78 is 5.31. The first-order valence-corrected chi connectivity index (χ1v) is 9.50. The fourth-order valence-corrected chi connectivity index (χ4v) is 6.49. The molecule has 0 atom stereocenters. The first-order chi connectivity index (χ1) is 11.4. The third-order valence-electron chi connectivity index (χ3n) is 3.91. The maximum atomic E-state index is 5.31. The zero-order chi connectivity index (χ0) is 16.0. The van der Waals surface area contributed by atoms with E-state index in [0.29, 0.717) is 0 Å². The van der Waals surface area contributed by atoms with Crippen molar-refractivity contribution < 1.29 is 17.1 Å². The van der Waals surface area contributed by atoms with Gasteiger partial charge in [-0.15, -0.1) is 0 Å². The highest BCUT2D eigenvalue weighted by atomic mass is 35.5. The van der Waals surface area contributed by atoms with Crippen molar-refractivity contribution in [3.63, 3.8) is 0 Å². The SMILES string of the molecule is COC=C[P+](c1ccccc1)(c1ccccc1)c1ccccc1.[Cl-]. The van der Waals surface area contributed by atoms with Crippen molar-refractivity contribution in [1.29, 1.82) is 0 Å². The Morgan fingerprint density at radius 1 is 0.625 bits per heavy atom. The van der Waals surface area contributed by atoms with Crippen LogP contribution in [0.15, 0.2) is 103 Å². The van der Waals surface area contributed by atoms with Crippen LogP contribution in [-0.2, 0) is 4.74 Å². The quantitative estimate of drug-likeness (QED) is 0.492. The Morgan fingerprint density at radius 3 is 1.25 bits per heavy atom. The monoisotopic (exact) mass is 354 g/mol. The Hall–Kier alpha value is -2.08. The number of rotatable bonds is 5. The van der Waals surface area contributed by atoms with Gasteiger partial charge in [0, 0.05) is 0 Å². The minimum absolute atomic E-state index is 0. The van der Waals surface area contributed by atoms with Crippen molar-refractivity contribution in [2.45, 2.75) is 0 Å². The first kappa shape index (κ1) is 18.3. The van der Waals surface area contributed by atoms with Gasteiger partial charge in [-0.05, 0) is 36.4 Å². The molecule has 3 aromatic carbocycles. The summed E-state index contributed by atoms with van der Waals surface area (Å²) in [5.74, 6) is 2.24. The standard InChI is InChI=1S/C21H20OP.ClH/c1-22-17-18-23(19-11-5-2-6-12-19,20-13-7-3-8-14-20)21-15-9-4-10-16-21;/h2-18H,1H3;1H/q+1;/p-1. The second-order valence-corrected chi connectivity index (χ2v) is 8.54. The molecule has 0 spiro atoms. The maximum Gasteiger partial charge on any atom is 0.140 e. The van der Waals surface area contributed by atoms with Gasteiger partial charge in [-0.2, -0.15) is 0 Å². The van der Waals surface area contributed by atoms with Gasteiger partial charge in [0.25, 0.3) is 0 Å². The largest absolute Gasteiger partial charge is 1.00 e. The number of methoxy groups -OCH3 is 1. The van der Waals surface area contributed by atoms with Crippen LogP contribution in [-0.4, -0.2) is 7.11 Å². The molecule has 0 radical (unpaired) electrons. The predicted molar refractivity (Wildman–Crippen MR) is 101 cm³/mol. The van der Waals surface area contributed by atoms with E-state index < -0.39 is 7.26 Å². The molecule has 0 fully saturated rings.